The summed E-state index contributed by atoms with van der Waals surface area (Å²) in [5.41, 5.74) is 1.71. The average molecular weight is 371 g/mol. The van der Waals surface area contributed by atoms with E-state index < -0.39 is 0 Å². The van der Waals surface area contributed by atoms with Crippen LogP contribution in [0.3, 0.4) is 0 Å². The van der Waals surface area contributed by atoms with E-state index in [-0.39, 0.29) is 17.7 Å². The van der Waals surface area contributed by atoms with Gasteiger partial charge in [0.1, 0.15) is 5.52 Å². The highest BCUT2D eigenvalue weighted by atomic mass is 16.3. The van der Waals surface area contributed by atoms with Gasteiger partial charge in [-0.15, -0.1) is 0 Å². The largest absolute Gasteiger partial charge is 0.440 e. The van der Waals surface area contributed by atoms with Crippen molar-refractivity contribution in [2.45, 2.75) is 37.6 Å². The van der Waals surface area contributed by atoms with Gasteiger partial charge in [-0.25, -0.2) is 4.98 Å². The summed E-state index contributed by atoms with van der Waals surface area (Å²) in [5.74, 6) is 1.19. The summed E-state index contributed by atoms with van der Waals surface area (Å²) in [7, 11) is 1.90. The van der Waals surface area contributed by atoms with Crippen molar-refractivity contribution in [1.82, 2.24) is 15.2 Å². The molecule has 2 heterocycles. The number of piperidine rings is 1. The van der Waals surface area contributed by atoms with Crippen LogP contribution in [0.2, 0.25) is 0 Å². The highest BCUT2D eigenvalue weighted by molar-refractivity contribution is 5.79. The van der Waals surface area contributed by atoms with Crippen molar-refractivity contribution in [2.24, 2.45) is 0 Å². The molecule has 1 aliphatic carbocycles. The first-order valence-corrected chi connectivity index (χ1v) is 9.82. The molecule has 1 aromatic heterocycles. The molecule has 1 unspecified atom stereocenters. The van der Waals surface area contributed by atoms with Gasteiger partial charge in [0.05, 0.1) is 7.05 Å². The molecule has 144 valence electrons. The van der Waals surface area contributed by atoms with Crippen molar-refractivity contribution in [3.8, 4) is 0 Å². The zero-order chi connectivity index (χ0) is 18.8. The zero-order valence-electron chi connectivity index (χ0n) is 15.7. The highest BCUT2D eigenvalue weighted by Crippen LogP contribution is 2.29. The summed E-state index contributed by atoms with van der Waals surface area (Å²) >= 11 is 0. The van der Waals surface area contributed by atoms with Crippen LogP contribution in [0.15, 0.2) is 28.7 Å². The Morgan fingerprint density at radius 2 is 1.93 bits per heavy atom. The molecule has 0 spiro atoms. The van der Waals surface area contributed by atoms with E-state index in [0.29, 0.717) is 32.2 Å². The van der Waals surface area contributed by atoms with Gasteiger partial charge < -0.3 is 19.5 Å². The first kappa shape index (κ1) is 18.0. The highest BCUT2D eigenvalue weighted by Gasteiger charge is 2.29. The van der Waals surface area contributed by atoms with Gasteiger partial charge in [0.2, 0.25) is 0 Å². The lowest BCUT2D eigenvalue weighted by molar-refractivity contribution is -0.863. The van der Waals surface area contributed by atoms with Gasteiger partial charge in [-0.1, -0.05) is 12.1 Å². The van der Waals surface area contributed by atoms with Gasteiger partial charge in [0.15, 0.2) is 24.6 Å². The number of oxazole rings is 1. The quantitative estimate of drug-likeness (QED) is 0.767. The number of nitrogens with zero attached hydrogens (tertiary/aromatic N) is 2. The maximum absolute atomic E-state index is 12.5. The summed E-state index contributed by atoms with van der Waals surface area (Å²) in [4.78, 5) is 31.8. The second kappa shape index (κ2) is 7.68. The van der Waals surface area contributed by atoms with Crippen LogP contribution >= 0.6 is 0 Å². The Hall–Kier alpha value is -2.41. The van der Waals surface area contributed by atoms with Crippen LogP contribution in [0.4, 0.5) is 0 Å². The number of hydrogen-bond acceptors (Lipinski definition) is 4. The van der Waals surface area contributed by atoms with Gasteiger partial charge in [0, 0.05) is 25.0 Å². The molecule has 2 amide bonds. The maximum Gasteiger partial charge on any atom is 0.277 e. The topological polar surface area (TPSA) is 79.9 Å². The Morgan fingerprint density at radius 3 is 2.63 bits per heavy atom. The van der Waals surface area contributed by atoms with E-state index >= 15 is 0 Å². The number of amides is 2. The molecule has 2 aliphatic rings. The molecule has 7 nitrogen and oxygen atoms in total. The van der Waals surface area contributed by atoms with Gasteiger partial charge in [0.25, 0.3) is 11.8 Å². The molecule has 2 N–H and O–H groups in total. The lowest BCUT2D eigenvalue weighted by Gasteiger charge is -2.31. The molecule has 2 fully saturated rings. The molecular weight excluding hydrogens is 344 g/mol. The molecule has 7 heteroatoms. The molecule has 1 aromatic carbocycles. The van der Waals surface area contributed by atoms with Crippen LogP contribution in [0, 0.1) is 0 Å². The number of fused-ring (bicyclic) bond motifs is 1. The first-order valence-electron chi connectivity index (χ1n) is 9.82. The molecule has 1 atom stereocenters. The molecular formula is C20H27N4O3+. The van der Waals surface area contributed by atoms with Crippen molar-refractivity contribution in [3.05, 3.63) is 30.2 Å². The molecule has 0 radical (unpaired) electrons. The van der Waals surface area contributed by atoms with E-state index in [0.717, 1.165) is 47.6 Å². The minimum atomic E-state index is 0.0393. The fraction of sp³-hybridized carbons (Fsp3) is 0.550. The number of rotatable bonds is 6. The molecule has 4 rings (SSSR count). The van der Waals surface area contributed by atoms with E-state index in [1.807, 2.05) is 36.2 Å². The van der Waals surface area contributed by atoms with Gasteiger partial charge in [-0.3, -0.25) is 9.59 Å². The number of likely N-dealkylation sites (N-methyl/N-ethyl adjacent to an activating group) is 1. The summed E-state index contributed by atoms with van der Waals surface area (Å²) in [6.07, 6.45) is 3.89. The Balaban J connectivity index is 1.25. The van der Waals surface area contributed by atoms with Gasteiger partial charge >= 0.3 is 0 Å². The minimum absolute atomic E-state index is 0.0393. The van der Waals surface area contributed by atoms with E-state index in [1.54, 1.807) is 0 Å². The second-order valence-electron chi connectivity index (χ2n) is 7.83. The Morgan fingerprint density at radius 1 is 1.19 bits per heavy atom. The van der Waals surface area contributed by atoms with Gasteiger partial charge in [-0.2, -0.15) is 0 Å². The van der Waals surface area contributed by atoms with Crippen LogP contribution in [0.1, 0.15) is 37.5 Å². The third kappa shape index (κ3) is 4.47. The van der Waals surface area contributed by atoms with Crippen LogP contribution in [-0.4, -0.2) is 61.0 Å². The van der Waals surface area contributed by atoms with Crippen LogP contribution in [-0.2, 0) is 9.59 Å². The normalized spacial score (nSPS) is 19.2. The van der Waals surface area contributed by atoms with E-state index in [9.17, 15) is 9.59 Å². The van der Waals surface area contributed by atoms with Crippen LogP contribution < -0.4 is 10.2 Å². The monoisotopic (exact) mass is 371 g/mol. The standard InChI is InChI=1S/C20H26N4O3/c1-23(12-18(25)21-15-6-7-15)13-19(26)24-10-8-14(9-11-24)20-22-16-4-2-3-5-17(16)27-20/h2-5,14-15H,6-13H2,1H3,(H,21,25)/p+1. The second-order valence-corrected chi connectivity index (χ2v) is 7.83. The fourth-order valence-corrected chi connectivity index (χ4v) is 3.65. The van der Waals surface area contributed by atoms with Crippen molar-refractivity contribution in [2.75, 3.05) is 33.2 Å². The maximum atomic E-state index is 12.5. The molecule has 1 saturated heterocycles. The number of aromatic nitrogens is 1. The summed E-state index contributed by atoms with van der Waals surface area (Å²) < 4.78 is 5.89. The number of quaternary nitrogens is 1. The number of carbonyl (C=O) groups excluding carboxylic acids is 2. The predicted molar refractivity (Wildman–Crippen MR) is 100 cm³/mol. The Kier molecular flexibility index (Phi) is 5.11. The van der Waals surface area contributed by atoms with E-state index in [4.69, 9.17) is 4.42 Å². The van der Waals surface area contributed by atoms with Gasteiger partial charge in [-0.05, 0) is 37.8 Å². The predicted octanol–water partition coefficient (Wildman–Crippen LogP) is 0.327. The number of hydrogen-bond donors (Lipinski definition) is 2. The fourth-order valence-electron chi connectivity index (χ4n) is 3.65. The lowest BCUT2D eigenvalue weighted by atomic mass is 9.97. The average Bonchev–Trinajstić information content (AvgIpc) is 3.35. The van der Waals surface area contributed by atoms with Crippen molar-refractivity contribution in [3.63, 3.8) is 0 Å². The minimum Gasteiger partial charge on any atom is -0.440 e. The number of nitrogens with one attached hydrogen (secondary N) is 2. The smallest absolute Gasteiger partial charge is 0.277 e. The SMILES string of the molecule is C[NH+](CC(=O)NC1CC1)CC(=O)N1CCC(c2nc3ccccc3o2)CC1. The number of para-hydroxylation sites is 2. The molecule has 27 heavy (non-hydrogen) atoms. The third-order valence-corrected chi connectivity index (χ3v) is 5.37. The van der Waals surface area contributed by atoms with Crippen LogP contribution in [0.5, 0.6) is 0 Å². The van der Waals surface area contributed by atoms with E-state index in [1.165, 1.54) is 0 Å². The van der Waals surface area contributed by atoms with Crippen molar-refractivity contribution >= 4 is 22.9 Å². The lowest BCUT2D eigenvalue weighted by Crippen LogP contribution is -3.11. The van der Waals surface area contributed by atoms with Crippen LogP contribution in [0.25, 0.3) is 11.1 Å². The summed E-state index contributed by atoms with van der Waals surface area (Å²) in [6.45, 7) is 2.13. The first-order chi connectivity index (χ1) is 13.1. The Bertz CT molecular complexity index is 788. The summed E-state index contributed by atoms with van der Waals surface area (Å²) in [6, 6.07) is 8.16. The Labute approximate surface area is 158 Å². The zero-order valence-corrected chi connectivity index (χ0v) is 15.7. The molecule has 2 aromatic rings. The molecule has 1 aliphatic heterocycles. The van der Waals surface area contributed by atoms with Crippen molar-refractivity contribution < 1.29 is 18.9 Å². The number of carbonyl (C=O) groups is 2. The summed E-state index contributed by atoms with van der Waals surface area (Å²) in [5, 5.41) is 2.97. The molecule has 1 saturated carbocycles. The van der Waals surface area contributed by atoms with Crippen molar-refractivity contribution in [1.29, 1.82) is 0 Å². The number of benzene rings is 1. The molecule has 0 bridgehead atoms. The third-order valence-electron chi connectivity index (χ3n) is 5.37. The van der Waals surface area contributed by atoms with E-state index in [2.05, 4.69) is 10.3 Å². The number of likely N-dealkylation sites (tertiary alicyclic amines) is 1.